The quantitative estimate of drug-likeness (QED) is 0.175. The Labute approximate surface area is 374 Å². The van der Waals surface area contributed by atoms with Crippen LogP contribution in [0.25, 0.3) is 0 Å². The van der Waals surface area contributed by atoms with Gasteiger partial charge in [0.15, 0.2) is 46.8 Å². The van der Waals surface area contributed by atoms with Gasteiger partial charge in [0.25, 0.3) is 0 Å². The number of hydrogen-bond donors (Lipinski definition) is 5. The number of aromatic hydroxyl groups is 2. The Morgan fingerprint density at radius 2 is 1.33 bits per heavy atom. The summed E-state index contributed by atoms with van der Waals surface area (Å²) in [5.74, 6) is 0.774. The predicted octanol–water partition coefficient (Wildman–Crippen LogP) is 5.37. The second-order valence-corrected chi connectivity index (χ2v) is 17.4. The number of likely N-dealkylation sites (tertiary alicyclic amines) is 1. The summed E-state index contributed by atoms with van der Waals surface area (Å²) < 4.78 is 21.3. The Balaban J connectivity index is 0.000000162. The van der Waals surface area contributed by atoms with Crippen LogP contribution in [0.5, 0.6) is 23.0 Å². The van der Waals surface area contributed by atoms with Crippen molar-refractivity contribution < 1.29 is 58.6 Å². The van der Waals surface area contributed by atoms with Gasteiger partial charge < -0.3 is 54.5 Å². The number of carbonyl (C=O) groups excluding carboxylic acids is 4. The number of nitrogens with zero attached hydrogens (tertiary/aromatic N) is 2. The molecular formula is C47H62ClN3O12. The van der Waals surface area contributed by atoms with Crippen molar-refractivity contribution in [2.75, 3.05) is 45.9 Å². The number of amides is 1. The SMILES string of the molecule is C.C=CCOC(=O)Cl.C=CCOC(=O)N1CC[C@]23c4c5ccc(O)c4O[C@H]2C(=O)CC[C@@]3(O)[C@H]1C5.CCN(CC)CC.O=C1CC[C@@]2(O)[C@H]3Cc4ccc(O)c5c4[C@@]2(CCN3)[C@H]1O5. The zero-order chi connectivity index (χ0) is 44.8. The smallest absolute Gasteiger partial charge is 0.410 e. The Hall–Kier alpha value is -4.67. The van der Waals surface area contributed by atoms with Crippen LogP contribution in [0.3, 0.4) is 0 Å². The molecule has 5 N–H and O–H groups in total. The third kappa shape index (κ3) is 7.37. The maximum atomic E-state index is 12.7. The average Bonchev–Trinajstić information content (AvgIpc) is 3.80. The minimum Gasteiger partial charge on any atom is -0.504 e. The van der Waals surface area contributed by atoms with Crippen LogP contribution in [0, 0.1) is 0 Å². The van der Waals surface area contributed by atoms with Gasteiger partial charge in [0.2, 0.25) is 0 Å². The first-order valence-corrected chi connectivity index (χ1v) is 22.0. The molecule has 4 bridgehead atoms. The number of rotatable bonds is 7. The molecule has 2 spiro atoms. The lowest BCUT2D eigenvalue weighted by molar-refractivity contribution is -0.183. The van der Waals surface area contributed by atoms with E-state index in [1.165, 1.54) is 31.8 Å². The van der Waals surface area contributed by atoms with E-state index in [4.69, 9.17) is 25.8 Å². The number of piperidine rings is 2. The molecule has 2 saturated heterocycles. The highest BCUT2D eigenvalue weighted by Gasteiger charge is 2.74. The molecule has 8 aliphatic rings. The Bertz CT molecular complexity index is 2120. The largest absolute Gasteiger partial charge is 0.504 e. The molecule has 4 aliphatic carbocycles. The second kappa shape index (κ2) is 18.4. The summed E-state index contributed by atoms with van der Waals surface area (Å²) in [6.07, 6.45) is 4.42. The monoisotopic (exact) mass is 895 g/mol. The van der Waals surface area contributed by atoms with E-state index in [1.54, 1.807) is 23.1 Å². The van der Waals surface area contributed by atoms with Gasteiger partial charge in [-0.2, -0.15) is 0 Å². The van der Waals surface area contributed by atoms with Gasteiger partial charge in [0.1, 0.15) is 13.2 Å². The van der Waals surface area contributed by atoms with Crippen molar-refractivity contribution in [2.45, 2.75) is 126 Å². The minimum atomic E-state index is -1.30. The fourth-order valence-corrected chi connectivity index (χ4v) is 11.8. The highest BCUT2D eigenvalue weighted by molar-refractivity contribution is 6.61. The predicted molar refractivity (Wildman–Crippen MR) is 235 cm³/mol. The van der Waals surface area contributed by atoms with E-state index in [-0.39, 0.29) is 62.6 Å². The van der Waals surface area contributed by atoms with Crippen LogP contribution >= 0.6 is 11.6 Å². The van der Waals surface area contributed by atoms with E-state index in [1.807, 2.05) is 6.07 Å². The number of halogens is 1. The van der Waals surface area contributed by atoms with Crippen LogP contribution in [0.15, 0.2) is 49.6 Å². The number of ether oxygens (including phenoxy) is 4. The van der Waals surface area contributed by atoms with Gasteiger partial charge in [0.05, 0.1) is 28.1 Å². The van der Waals surface area contributed by atoms with E-state index in [2.05, 4.69) is 48.9 Å². The maximum Gasteiger partial charge on any atom is 0.410 e. The highest BCUT2D eigenvalue weighted by atomic mass is 35.5. The summed E-state index contributed by atoms with van der Waals surface area (Å²) in [5.41, 5.74) is -1.04. The van der Waals surface area contributed by atoms with Crippen LogP contribution < -0.4 is 14.8 Å². The molecule has 2 aromatic carbocycles. The molecule has 8 atom stereocenters. The molecule has 1 amide bonds. The molecule has 0 unspecified atom stereocenters. The number of hydrogen-bond acceptors (Lipinski definition) is 14. The van der Waals surface area contributed by atoms with Gasteiger partial charge in [-0.15, -0.1) is 0 Å². The third-order valence-electron chi connectivity index (χ3n) is 14.6. The van der Waals surface area contributed by atoms with Gasteiger partial charge in [-0.1, -0.05) is 65.6 Å². The molecule has 63 heavy (non-hydrogen) atoms. The zero-order valence-corrected chi connectivity index (χ0v) is 36.4. The molecule has 10 rings (SSSR count). The summed E-state index contributed by atoms with van der Waals surface area (Å²) in [5, 5.41) is 47.2. The van der Waals surface area contributed by atoms with Crippen molar-refractivity contribution in [3.8, 4) is 23.0 Å². The number of phenolic OH excluding ortho intramolecular Hbond substituents is 2. The van der Waals surface area contributed by atoms with Crippen LogP contribution in [-0.2, 0) is 42.7 Å². The van der Waals surface area contributed by atoms with E-state index < -0.39 is 51.8 Å². The fourth-order valence-electron chi connectivity index (χ4n) is 11.8. The summed E-state index contributed by atoms with van der Waals surface area (Å²) in [7, 11) is 0. The first kappa shape index (κ1) is 47.8. The van der Waals surface area contributed by atoms with E-state index in [0.717, 1.165) is 28.8 Å². The zero-order valence-electron chi connectivity index (χ0n) is 35.6. The lowest BCUT2D eigenvalue weighted by Crippen LogP contribution is -2.77. The fraction of sp³-hybridized carbons (Fsp3) is 0.574. The molecule has 4 heterocycles. The molecule has 0 radical (unpaired) electrons. The number of benzene rings is 2. The van der Waals surface area contributed by atoms with E-state index in [0.29, 0.717) is 56.6 Å². The van der Waals surface area contributed by atoms with Crippen LogP contribution in [-0.4, -0.2) is 135 Å². The number of phenols is 2. The number of ketones is 2. The van der Waals surface area contributed by atoms with Gasteiger partial charge >= 0.3 is 11.5 Å². The van der Waals surface area contributed by atoms with Crippen molar-refractivity contribution >= 4 is 34.7 Å². The summed E-state index contributed by atoms with van der Waals surface area (Å²) in [4.78, 5) is 51.4. The Morgan fingerprint density at radius 1 is 0.825 bits per heavy atom. The normalized spacial score (nSPS) is 31.3. The second-order valence-electron chi connectivity index (χ2n) is 17.1. The van der Waals surface area contributed by atoms with Crippen molar-refractivity contribution in [2.24, 2.45) is 0 Å². The average molecular weight is 896 g/mol. The van der Waals surface area contributed by atoms with Crippen LogP contribution in [0.2, 0.25) is 0 Å². The van der Waals surface area contributed by atoms with Crippen LogP contribution in [0.4, 0.5) is 9.59 Å². The summed E-state index contributed by atoms with van der Waals surface area (Å²) >= 11 is 4.75. The Kier molecular flexibility index (Phi) is 14.0. The molecule has 0 aromatic heterocycles. The van der Waals surface area contributed by atoms with Crippen molar-refractivity contribution in [3.63, 3.8) is 0 Å². The van der Waals surface area contributed by atoms with Gasteiger partial charge in [-0.05, 0) is 88.0 Å². The molecule has 15 nitrogen and oxygen atoms in total. The van der Waals surface area contributed by atoms with Gasteiger partial charge in [0, 0.05) is 48.2 Å². The molecule has 16 heteroatoms. The maximum absolute atomic E-state index is 12.7. The summed E-state index contributed by atoms with van der Waals surface area (Å²) in [6.45, 7) is 18.4. The van der Waals surface area contributed by atoms with Crippen LogP contribution in [0.1, 0.15) is 89.0 Å². The first-order chi connectivity index (χ1) is 29.6. The van der Waals surface area contributed by atoms with Crippen molar-refractivity contribution in [1.29, 1.82) is 0 Å². The van der Waals surface area contributed by atoms with Gasteiger partial charge in [-0.25, -0.2) is 9.59 Å². The van der Waals surface area contributed by atoms with E-state index >= 15 is 0 Å². The van der Waals surface area contributed by atoms with E-state index in [9.17, 15) is 39.6 Å². The molecule has 2 saturated carbocycles. The number of Topliss-reactive ketones (excluding diaryl/α,β-unsaturated/α-hetero) is 2. The number of carbonyl (C=O) groups is 4. The minimum absolute atomic E-state index is 0. The number of aliphatic hydroxyl groups is 2. The first-order valence-electron chi connectivity index (χ1n) is 21.6. The molecular weight excluding hydrogens is 834 g/mol. The highest BCUT2D eigenvalue weighted by Crippen LogP contribution is 2.66. The standard InChI is InChI=1S/C20H21NO6.C16H17NO4.C6H15N.C4H5ClO2.CH4/c1-2-9-26-18(24)21-8-7-19-15-11-3-4-12(22)16(15)27-17(19)13(23)5-6-20(19,25)14(21)10-11;18-9-2-1-8-7-11-16(20)4-3-10(19)14-15(16,5-6-17-11)12(8)13(9)21-14;1-4-7(5-2)6-3;1-2-3-7-4(5)6;/h2-4,14,17,22,25H,1,5-10H2;1-2,11,14,17-18,20H,3-7H2;4-6H2,1-3H3;2H,1,3H2;1H4/t14-,17+,19+,20-;11-,14+,15+,16-;;;/m11.../s1. The topological polar surface area (TPSA) is 205 Å². The van der Waals surface area contributed by atoms with Crippen molar-refractivity contribution in [1.82, 2.24) is 15.1 Å². The summed E-state index contributed by atoms with van der Waals surface area (Å²) in [6, 6.07) is 6.32. The Morgan fingerprint density at radius 3 is 1.83 bits per heavy atom. The molecule has 2 aromatic rings. The lowest BCUT2D eigenvalue weighted by Gasteiger charge is -2.61. The molecule has 344 valence electrons. The van der Waals surface area contributed by atoms with Crippen molar-refractivity contribution in [3.05, 3.63) is 71.8 Å². The molecule has 4 fully saturated rings. The molecule has 4 aliphatic heterocycles. The number of nitrogens with one attached hydrogen (secondary N) is 1. The lowest BCUT2D eigenvalue weighted by atomic mass is 9.49. The third-order valence-corrected chi connectivity index (χ3v) is 14.7. The van der Waals surface area contributed by atoms with Gasteiger partial charge in [-0.3, -0.25) is 9.59 Å².